The molecule has 0 heterocycles. The van der Waals surface area contributed by atoms with Gasteiger partial charge in [-0.25, -0.2) is 0 Å². The number of amides is 1. The van der Waals surface area contributed by atoms with Gasteiger partial charge in [-0.2, -0.15) is 0 Å². The molecule has 0 fully saturated rings. The second-order valence-corrected chi connectivity index (χ2v) is 4.98. The van der Waals surface area contributed by atoms with Gasteiger partial charge in [-0.15, -0.1) is 0 Å². The third-order valence-electron chi connectivity index (χ3n) is 3.66. The zero-order chi connectivity index (χ0) is 13.6. The number of benzene rings is 1. The molecule has 0 unspecified atom stereocenters. The topological polar surface area (TPSA) is 41.1 Å². The van der Waals surface area contributed by atoms with Crippen molar-refractivity contribution in [2.24, 2.45) is 0 Å². The first-order chi connectivity index (χ1) is 8.50. The highest BCUT2D eigenvalue weighted by Crippen LogP contribution is 2.14. The average molecular weight is 248 g/mol. The quantitative estimate of drug-likeness (QED) is 0.812. The lowest BCUT2D eigenvalue weighted by Gasteiger charge is -2.28. The summed E-state index contributed by atoms with van der Waals surface area (Å²) < 4.78 is 0. The zero-order valence-electron chi connectivity index (χ0n) is 11.8. The highest BCUT2D eigenvalue weighted by molar-refractivity contribution is 5.92. The zero-order valence-corrected chi connectivity index (χ0v) is 11.8. The van der Waals surface area contributed by atoms with Crippen molar-refractivity contribution < 1.29 is 4.79 Å². The molecular formula is C15H24N2O. The number of carbonyl (C=O) groups excluding carboxylic acids is 1. The van der Waals surface area contributed by atoms with Gasteiger partial charge in [0.2, 0.25) is 5.91 Å². The van der Waals surface area contributed by atoms with Gasteiger partial charge in [0.25, 0.3) is 0 Å². The van der Waals surface area contributed by atoms with E-state index in [0.717, 1.165) is 24.1 Å². The van der Waals surface area contributed by atoms with E-state index in [2.05, 4.69) is 31.4 Å². The number of hydrogen-bond acceptors (Lipinski definition) is 2. The monoisotopic (exact) mass is 248 g/mol. The van der Waals surface area contributed by atoms with E-state index in [4.69, 9.17) is 0 Å². The summed E-state index contributed by atoms with van der Waals surface area (Å²) in [6.45, 7) is 8.76. The van der Waals surface area contributed by atoms with Gasteiger partial charge in [0.05, 0.1) is 6.54 Å². The van der Waals surface area contributed by atoms with Crippen molar-refractivity contribution in [3.05, 3.63) is 29.8 Å². The summed E-state index contributed by atoms with van der Waals surface area (Å²) in [6, 6.07) is 7.81. The summed E-state index contributed by atoms with van der Waals surface area (Å²) in [5.74, 6) is 0.0115. The lowest BCUT2D eigenvalue weighted by atomic mass is 9.96. The van der Waals surface area contributed by atoms with E-state index in [1.54, 1.807) is 0 Å². The van der Waals surface area contributed by atoms with E-state index < -0.39 is 0 Å². The highest BCUT2D eigenvalue weighted by atomic mass is 16.1. The lowest BCUT2D eigenvalue weighted by Crippen LogP contribution is -2.45. The van der Waals surface area contributed by atoms with Crippen LogP contribution in [-0.4, -0.2) is 18.0 Å². The van der Waals surface area contributed by atoms with Gasteiger partial charge < -0.3 is 10.6 Å². The highest BCUT2D eigenvalue weighted by Gasteiger charge is 2.19. The maximum absolute atomic E-state index is 11.9. The van der Waals surface area contributed by atoms with Gasteiger partial charge in [-0.1, -0.05) is 32.0 Å². The Morgan fingerprint density at radius 1 is 1.22 bits per heavy atom. The minimum atomic E-state index is 0.0115. The average Bonchev–Trinajstić information content (AvgIpc) is 2.39. The smallest absolute Gasteiger partial charge is 0.238 e. The van der Waals surface area contributed by atoms with Crippen LogP contribution in [0.3, 0.4) is 0 Å². The molecule has 0 aliphatic rings. The molecule has 0 aliphatic heterocycles. The van der Waals surface area contributed by atoms with Gasteiger partial charge in [0.1, 0.15) is 0 Å². The summed E-state index contributed by atoms with van der Waals surface area (Å²) in [7, 11) is 0. The molecule has 0 radical (unpaired) electrons. The number of hydrogen-bond donors (Lipinski definition) is 2. The molecule has 0 atom stereocenters. The number of para-hydroxylation sites is 1. The number of anilines is 1. The Morgan fingerprint density at radius 3 is 2.39 bits per heavy atom. The molecule has 3 nitrogen and oxygen atoms in total. The van der Waals surface area contributed by atoms with Crippen LogP contribution in [0.25, 0.3) is 0 Å². The predicted octanol–water partition coefficient (Wildman–Crippen LogP) is 3.10. The Kier molecular flexibility index (Phi) is 5.35. The molecule has 100 valence electrons. The van der Waals surface area contributed by atoms with E-state index in [1.807, 2.05) is 31.2 Å². The van der Waals surface area contributed by atoms with Gasteiger partial charge in [-0.05, 0) is 38.3 Å². The van der Waals surface area contributed by atoms with Crippen molar-refractivity contribution >= 4 is 11.6 Å². The number of aryl methyl sites for hydroxylation is 1. The molecule has 1 aromatic rings. The van der Waals surface area contributed by atoms with Crippen LogP contribution in [0.4, 0.5) is 5.69 Å². The van der Waals surface area contributed by atoms with Crippen LogP contribution >= 0.6 is 0 Å². The second-order valence-electron chi connectivity index (χ2n) is 4.98. The molecular weight excluding hydrogens is 224 g/mol. The van der Waals surface area contributed by atoms with Crippen molar-refractivity contribution in [2.75, 3.05) is 11.9 Å². The normalized spacial score (nSPS) is 11.3. The summed E-state index contributed by atoms with van der Waals surface area (Å²) in [5.41, 5.74) is 2.02. The van der Waals surface area contributed by atoms with E-state index in [9.17, 15) is 4.79 Å². The first-order valence-electron chi connectivity index (χ1n) is 6.61. The fourth-order valence-corrected chi connectivity index (χ4v) is 1.70. The molecule has 18 heavy (non-hydrogen) atoms. The fraction of sp³-hybridized carbons (Fsp3) is 0.533. The number of rotatable bonds is 6. The SMILES string of the molecule is CCC(C)(CC)NCC(=O)Nc1ccccc1C. The molecule has 1 rings (SSSR count). The Morgan fingerprint density at radius 2 is 1.83 bits per heavy atom. The van der Waals surface area contributed by atoms with E-state index in [-0.39, 0.29) is 11.4 Å². The van der Waals surface area contributed by atoms with Crippen LogP contribution in [0.1, 0.15) is 39.2 Å². The standard InChI is InChI=1S/C15H24N2O/c1-5-15(4,6-2)16-11-14(18)17-13-10-8-7-9-12(13)3/h7-10,16H,5-6,11H2,1-4H3,(H,17,18). The van der Waals surface area contributed by atoms with Crippen molar-refractivity contribution in [2.45, 2.75) is 46.1 Å². The molecule has 2 N–H and O–H groups in total. The van der Waals surface area contributed by atoms with Crippen LogP contribution in [-0.2, 0) is 4.79 Å². The van der Waals surface area contributed by atoms with Crippen molar-refractivity contribution in [3.8, 4) is 0 Å². The van der Waals surface area contributed by atoms with Crippen LogP contribution in [0.2, 0.25) is 0 Å². The largest absolute Gasteiger partial charge is 0.325 e. The van der Waals surface area contributed by atoms with Crippen LogP contribution < -0.4 is 10.6 Å². The van der Waals surface area contributed by atoms with Gasteiger partial charge in [0.15, 0.2) is 0 Å². The predicted molar refractivity (Wildman–Crippen MR) is 76.8 cm³/mol. The van der Waals surface area contributed by atoms with Gasteiger partial charge in [-0.3, -0.25) is 4.79 Å². The van der Waals surface area contributed by atoms with Crippen LogP contribution in [0.5, 0.6) is 0 Å². The van der Waals surface area contributed by atoms with Gasteiger partial charge >= 0.3 is 0 Å². The Hall–Kier alpha value is -1.35. The molecule has 0 spiro atoms. The molecule has 1 aromatic carbocycles. The first kappa shape index (κ1) is 14.7. The van der Waals surface area contributed by atoms with Crippen molar-refractivity contribution in [1.29, 1.82) is 0 Å². The summed E-state index contributed by atoms with van der Waals surface area (Å²) in [6.07, 6.45) is 2.03. The van der Waals surface area contributed by atoms with Crippen molar-refractivity contribution in [1.82, 2.24) is 5.32 Å². The summed E-state index contributed by atoms with van der Waals surface area (Å²) in [5, 5.41) is 6.25. The molecule has 0 saturated heterocycles. The third-order valence-corrected chi connectivity index (χ3v) is 3.66. The van der Waals surface area contributed by atoms with E-state index in [1.165, 1.54) is 0 Å². The van der Waals surface area contributed by atoms with Crippen molar-refractivity contribution in [3.63, 3.8) is 0 Å². The van der Waals surface area contributed by atoms with E-state index in [0.29, 0.717) is 6.54 Å². The molecule has 3 heteroatoms. The fourth-order valence-electron chi connectivity index (χ4n) is 1.70. The summed E-state index contributed by atoms with van der Waals surface area (Å²) >= 11 is 0. The Bertz CT molecular complexity index is 397. The maximum atomic E-state index is 11.9. The maximum Gasteiger partial charge on any atom is 0.238 e. The van der Waals surface area contributed by atoms with Gasteiger partial charge in [0, 0.05) is 11.2 Å². The molecule has 1 amide bonds. The minimum Gasteiger partial charge on any atom is -0.325 e. The Balaban J connectivity index is 2.50. The molecule has 0 aliphatic carbocycles. The second kappa shape index (κ2) is 6.55. The number of carbonyl (C=O) groups is 1. The van der Waals surface area contributed by atoms with Crippen LogP contribution in [0.15, 0.2) is 24.3 Å². The third kappa shape index (κ3) is 4.15. The molecule has 0 saturated carbocycles. The Labute approximate surface area is 110 Å². The van der Waals surface area contributed by atoms with Crippen LogP contribution in [0, 0.1) is 6.92 Å². The van der Waals surface area contributed by atoms with E-state index >= 15 is 0 Å². The lowest BCUT2D eigenvalue weighted by molar-refractivity contribution is -0.115. The summed E-state index contributed by atoms with van der Waals surface area (Å²) in [4.78, 5) is 11.9. The molecule has 0 bridgehead atoms. The molecule has 0 aromatic heterocycles. The first-order valence-corrected chi connectivity index (χ1v) is 6.61. The minimum absolute atomic E-state index is 0.0115. The number of nitrogens with one attached hydrogen (secondary N) is 2.